The number of halogens is 3. The van der Waals surface area contributed by atoms with Gasteiger partial charge in [0.15, 0.2) is 5.17 Å². The number of benzene rings is 2. The summed E-state index contributed by atoms with van der Waals surface area (Å²) in [5, 5.41) is 13.1. The van der Waals surface area contributed by atoms with E-state index in [0.29, 0.717) is 18.1 Å². The van der Waals surface area contributed by atoms with Crippen molar-refractivity contribution in [2.45, 2.75) is 0 Å². The van der Waals surface area contributed by atoms with Crippen molar-refractivity contribution < 1.29 is 9.90 Å². The van der Waals surface area contributed by atoms with Crippen molar-refractivity contribution in [3.63, 3.8) is 0 Å². The fraction of sp³-hybridized carbons (Fsp3) is 0. The average Bonchev–Trinajstić information content (AvgIpc) is 2.84. The molecule has 1 amide bonds. The molecule has 0 spiro atoms. The van der Waals surface area contributed by atoms with E-state index in [4.69, 9.17) is 0 Å². The van der Waals surface area contributed by atoms with Crippen LogP contribution in [-0.2, 0) is 4.79 Å². The summed E-state index contributed by atoms with van der Waals surface area (Å²) in [7, 11) is 0. The fourth-order valence-electron chi connectivity index (χ4n) is 1.96. The Labute approximate surface area is 173 Å². The lowest BCUT2D eigenvalue weighted by Gasteiger charge is -2.02. The van der Waals surface area contributed by atoms with Gasteiger partial charge in [-0.15, -0.1) is 0 Å². The smallest absolute Gasteiger partial charge is 0.264 e. The van der Waals surface area contributed by atoms with Crippen molar-refractivity contribution in [3.05, 3.63) is 59.4 Å². The maximum Gasteiger partial charge on any atom is 0.264 e. The molecule has 1 saturated heterocycles. The van der Waals surface area contributed by atoms with Crippen molar-refractivity contribution in [2.75, 3.05) is 0 Å². The number of carbonyl (C=O) groups is 1. The SMILES string of the molecule is O=C1NC(=Nc2cccc(Br)c2)S/C1=C\c1cc(Br)c(O)c(I)c1. The number of thioether (sulfide) groups is 1. The average molecular weight is 580 g/mol. The summed E-state index contributed by atoms with van der Waals surface area (Å²) < 4.78 is 2.23. The molecule has 2 aromatic rings. The molecule has 0 radical (unpaired) electrons. The number of nitrogens with one attached hydrogen (secondary N) is 1. The molecule has 1 fully saturated rings. The predicted molar refractivity (Wildman–Crippen MR) is 113 cm³/mol. The van der Waals surface area contributed by atoms with Gasteiger partial charge in [-0.2, -0.15) is 0 Å². The van der Waals surface area contributed by atoms with Crippen LogP contribution in [0.25, 0.3) is 6.08 Å². The molecule has 1 heterocycles. The van der Waals surface area contributed by atoms with Crippen LogP contribution < -0.4 is 5.32 Å². The number of amidine groups is 1. The molecule has 2 aromatic carbocycles. The minimum atomic E-state index is -0.187. The summed E-state index contributed by atoms with van der Waals surface area (Å²) in [5.41, 5.74) is 1.58. The van der Waals surface area contributed by atoms with E-state index in [2.05, 4.69) is 42.2 Å². The second-order valence-corrected chi connectivity index (χ2v) is 8.76. The van der Waals surface area contributed by atoms with Crippen LogP contribution in [0.4, 0.5) is 5.69 Å². The molecule has 0 unspecified atom stereocenters. The van der Waals surface area contributed by atoms with Gasteiger partial charge in [-0.25, -0.2) is 4.99 Å². The minimum absolute atomic E-state index is 0.187. The third kappa shape index (κ3) is 4.22. The molecule has 2 N–H and O–H groups in total. The van der Waals surface area contributed by atoms with E-state index < -0.39 is 0 Å². The number of amides is 1. The van der Waals surface area contributed by atoms with Crippen molar-refractivity contribution >= 4 is 89.1 Å². The van der Waals surface area contributed by atoms with Gasteiger partial charge >= 0.3 is 0 Å². The van der Waals surface area contributed by atoms with Crippen LogP contribution >= 0.6 is 66.2 Å². The lowest BCUT2D eigenvalue weighted by atomic mass is 10.2. The van der Waals surface area contributed by atoms with Crippen LogP contribution in [-0.4, -0.2) is 16.2 Å². The second-order valence-electron chi connectivity index (χ2n) is 4.79. The molecule has 0 aliphatic carbocycles. The molecule has 122 valence electrons. The first-order chi connectivity index (χ1) is 11.4. The Kier molecular flexibility index (Phi) is 5.68. The highest BCUT2D eigenvalue weighted by molar-refractivity contribution is 14.1. The molecule has 1 aliphatic rings. The minimum Gasteiger partial charge on any atom is -0.506 e. The predicted octanol–water partition coefficient (Wildman–Crippen LogP) is 5.41. The Bertz CT molecular complexity index is 876. The Morgan fingerprint density at radius 2 is 2.04 bits per heavy atom. The number of aliphatic imine (C=N–C) groups is 1. The van der Waals surface area contributed by atoms with Gasteiger partial charge in [0, 0.05) is 4.47 Å². The third-order valence-electron chi connectivity index (χ3n) is 3.03. The van der Waals surface area contributed by atoms with Gasteiger partial charge < -0.3 is 10.4 Å². The normalized spacial score (nSPS) is 17.5. The van der Waals surface area contributed by atoms with Crippen molar-refractivity contribution in [2.24, 2.45) is 4.99 Å². The molecule has 24 heavy (non-hydrogen) atoms. The number of nitrogens with zero attached hydrogens (tertiary/aromatic N) is 1. The molecule has 8 heteroatoms. The molecule has 0 aromatic heterocycles. The highest BCUT2D eigenvalue weighted by Crippen LogP contribution is 2.33. The number of hydrogen-bond donors (Lipinski definition) is 2. The van der Waals surface area contributed by atoms with Gasteiger partial charge in [0.1, 0.15) is 5.75 Å². The molecule has 0 atom stereocenters. The summed E-state index contributed by atoms with van der Waals surface area (Å²) >= 11 is 10.0. The lowest BCUT2D eigenvalue weighted by molar-refractivity contribution is -0.115. The maximum absolute atomic E-state index is 12.1. The topological polar surface area (TPSA) is 61.7 Å². The molecule has 4 nitrogen and oxygen atoms in total. The van der Waals surface area contributed by atoms with Crippen molar-refractivity contribution in [1.82, 2.24) is 5.32 Å². The Morgan fingerprint density at radius 3 is 2.75 bits per heavy atom. The monoisotopic (exact) mass is 578 g/mol. The highest BCUT2D eigenvalue weighted by Gasteiger charge is 2.24. The second kappa shape index (κ2) is 7.59. The molecule has 0 bridgehead atoms. The van der Waals surface area contributed by atoms with E-state index in [1.54, 1.807) is 12.1 Å². The van der Waals surface area contributed by atoms with Gasteiger partial charge in [0.05, 0.1) is 18.6 Å². The van der Waals surface area contributed by atoms with E-state index in [-0.39, 0.29) is 11.7 Å². The molecular formula is C16H9Br2IN2O2S. The zero-order valence-electron chi connectivity index (χ0n) is 11.9. The van der Waals surface area contributed by atoms with Gasteiger partial charge in [-0.3, -0.25) is 4.79 Å². The fourth-order valence-corrected chi connectivity index (χ4v) is 4.69. The molecule has 1 aliphatic heterocycles. The Hall–Kier alpha value is -0.840. The van der Waals surface area contributed by atoms with Gasteiger partial charge in [-0.1, -0.05) is 22.0 Å². The lowest BCUT2D eigenvalue weighted by Crippen LogP contribution is -2.19. The molecule has 0 saturated carbocycles. The van der Waals surface area contributed by atoms with E-state index >= 15 is 0 Å². The van der Waals surface area contributed by atoms with E-state index in [9.17, 15) is 9.90 Å². The summed E-state index contributed by atoms with van der Waals surface area (Å²) in [4.78, 5) is 17.1. The first-order valence-electron chi connectivity index (χ1n) is 6.65. The Morgan fingerprint density at radius 1 is 1.25 bits per heavy atom. The van der Waals surface area contributed by atoms with Crippen LogP contribution in [0.3, 0.4) is 0 Å². The number of phenolic OH excluding ortho intramolecular Hbond substituents is 1. The highest BCUT2D eigenvalue weighted by atomic mass is 127. The molecular weight excluding hydrogens is 571 g/mol. The Balaban J connectivity index is 1.87. The van der Waals surface area contributed by atoms with Crippen LogP contribution in [0.15, 0.2) is 55.2 Å². The summed E-state index contributed by atoms with van der Waals surface area (Å²) in [5.74, 6) is 0.00568. The third-order valence-corrected chi connectivity index (χ3v) is 5.86. The standard InChI is InChI=1S/C16H9Br2IN2O2S/c17-9-2-1-3-10(7-9)20-16-21-15(23)13(24-16)6-8-4-11(18)14(22)12(19)5-8/h1-7,22H,(H,20,21,23)/b13-6-. The van der Waals surface area contributed by atoms with Gasteiger partial charge in [-0.05, 0) is 92.3 Å². The van der Waals surface area contributed by atoms with Crippen molar-refractivity contribution in [3.8, 4) is 5.75 Å². The number of hydrogen-bond acceptors (Lipinski definition) is 4. The first kappa shape index (κ1) is 18.0. The van der Waals surface area contributed by atoms with E-state index in [1.807, 2.05) is 52.9 Å². The van der Waals surface area contributed by atoms with Crippen LogP contribution in [0.2, 0.25) is 0 Å². The summed E-state index contributed by atoms with van der Waals surface area (Å²) in [6.45, 7) is 0. The van der Waals surface area contributed by atoms with E-state index in [0.717, 1.165) is 15.7 Å². The first-order valence-corrected chi connectivity index (χ1v) is 10.1. The molecule has 3 rings (SSSR count). The number of aromatic hydroxyl groups is 1. The maximum atomic E-state index is 12.1. The number of carbonyl (C=O) groups excluding carboxylic acids is 1. The number of phenols is 1. The zero-order valence-corrected chi connectivity index (χ0v) is 18.0. The van der Waals surface area contributed by atoms with Crippen molar-refractivity contribution in [1.29, 1.82) is 0 Å². The summed E-state index contributed by atoms with van der Waals surface area (Å²) in [6.07, 6.45) is 1.77. The van der Waals surface area contributed by atoms with Crippen LogP contribution in [0.1, 0.15) is 5.56 Å². The van der Waals surface area contributed by atoms with Crippen LogP contribution in [0.5, 0.6) is 5.75 Å². The van der Waals surface area contributed by atoms with E-state index in [1.165, 1.54) is 11.8 Å². The summed E-state index contributed by atoms with van der Waals surface area (Å²) in [6, 6.07) is 11.1. The quantitative estimate of drug-likeness (QED) is 0.369. The van der Waals surface area contributed by atoms with Gasteiger partial charge in [0.2, 0.25) is 0 Å². The zero-order chi connectivity index (χ0) is 17.3. The van der Waals surface area contributed by atoms with Gasteiger partial charge in [0.25, 0.3) is 5.91 Å². The number of rotatable bonds is 2. The largest absolute Gasteiger partial charge is 0.506 e. The van der Waals surface area contributed by atoms with Crippen LogP contribution in [0, 0.1) is 3.57 Å².